The number of thiophene rings is 1. The summed E-state index contributed by atoms with van der Waals surface area (Å²) in [6.07, 6.45) is 0. The van der Waals surface area contributed by atoms with Crippen molar-refractivity contribution in [1.29, 1.82) is 0 Å². The molecule has 4 heteroatoms. The van der Waals surface area contributed by atoms with E-state index in [-0.39, 0.29) is 0 Å². The third kappa shape index (κ3) is 4.19. The van der Waals surface area contributed by atoms with Gasteiger partial charge in [0.2, 0.25) is 0 Å². The molecule has 220 valence electrons. The average molecular weight is 635 g/mol. The van der Waals surface area contributed by atoms with Crippen LogP contribution in [0.5, 0.6) is 0 Å². The van der Waals surface area contributed by atoms with Crippen molar-refractivity contribution in [3.05, 3.63) is 158 Å². The fraction of sp³-hybridized carbons (Fsp3) is 0. The van der Waals surface area contributed by atoms with E-state index < -0.39 is 0 Å². The van der Waals surface area contributed by atoms with E-state index >= 15 is 0 Å². The van der Waals surface area contributed by atoms with Gasteiger partial charge in [-0.05, 0) is 58.3 Å². The monoisotopic (exact) mass is 634 g/mol. The molecular formula is C43H26N2S2. The Labute approximate surface area is 280 Å². The molecule has 2 heterocycles. The fourth-order valence-corrected chi connectivity index (χ4v) is 9.41. The third-order valence-corrected chi connectivity index (χ3v) is 11.6. The maximum absolute atomic E-state index is 5.21. The zero-order chi connectivity index (χ0) is 30.9. The summed E-state index contributed by atoms with van der Waals surface area (Å²) >= 11 is 3.66. The molecule has 1 aliphatic carbocycles. The first-order valence-electron chi connectivity index (χ1n) is 15.8. The normalized spacial score (nSPS) is 11.8. The van der Waals surface area contributed by atoms with Crippen molar-refractivity contribution in [3.63, 3.8) is 0 Å². The summed E-state index contributed by atoms with van der Waals surface area (Å²) in [6, 6.07) is 57.1. The standard InChI is InChI=1S/C43H26N2S2/c1-3-12-27(13-4-1)29-16-9-18-31(24-29)45(37-22-11-20-34-33-19-7-8-23-38(33)46-41(34)37)32-25-30-17-10-21-35-39(30)36(26-32)42-40(35)44-43(47-42)28-14-5-2-6-15-28/h1-26H. The van der Waals surface area contributed by atoms with Gasteiger partial charge in [-0.1, -0.05) is 121 Å². The molecule has 47 heavy (non-hydrogen) atoms. The van der Waals surface area contributed by atoms with Crippen LogP contribution in [0.1, 0.15) is 0 Å². The molecule has 10 rings (SSSR count). The van der Waals surface area contributed by atoms with Gasteiger partial charge in [0.05, 0.1) is 21.0 Å². The number of thiazole rings is 1. The molecule has 0 bridgehead atoms. The Morgan fingerprint density at radius 3 is 2.09 bits per heavy atom. The van der Waals surface area contributed by atoms with Gasteiger partial charge in [-0.25, -0.2) is 4.98 Å². The van der Waals surface area contributed by atoms with Crippen molar-refractivity contribution in [2.24, 2.45) is 0 Å². The van der Waals surface area contributed by atoms with E-state index in [1.165, 1.54) is 63.8 Å². The maximum atomic E-state index is 5.21. The second-order valence-electron chi connectivity index (χ2n) is 12.0. The van der Waals surface area contributed by atoms with Crippen LogP contribution >= 0.6 is 22.7 Å². The highest BCUT2D eigenvalue weighted by molar-refractivity contribution is 7.26. The van der Waals surface area contributed by atoms with E-state index in [4.69, 9.17) is 4.98 Å². The third-order valence-electron chi connectivity index (χ3n) is 9.20. The summed E-state index contributed by atoms with van der Waals surface area (Å²) in [5.41, 5.74) is 10.6. The minimum atomic E-state index is 1.06. The van der Waals surface area contributed by atoms with Crippen LogP contribution in [-0.2, 0) is 0 Å². The number of hydrogen-bond acceptors (Lipinski definition) is 4. The van der Waals surface area contributed by atoms with Crippen LogP contribution in [0.25, 0.3) is 74.3 Å². The minimum absolute atomic E-state index is 1.06. The molecule has 0 saturated heterocycles. The SMILES string of the molecule is c1ccc(-c2cccc(N(c3cc4c5c(cccc5c3)-c3nc(-c5ccccc5)sc3-4)c3cccc4c3sc3ccccc34)c2)cc1. The average Bonchev–Trinajstić information content (AvgIpc) is 3.82. The molecule has 0 radical (unpaired) electrons. The molecule has 0 unspecified atom stereocenters. The van der Waals surface area contributed by atoms with Gasteiger partial charge >= 0.3 is 0 Å². The van der Waals surface area contributed by atoms with Gasteiger partial charge in [-0.2, -0.15) is 0 Å². The Balaban J connectivity index is 1.23. The predicted octanol–water partition coefficient (Wildman–Crippen LogP) is 13.1. The lowest BCUT2D eigenvalue weighted by molar-refractivity contribution is 1.31. The highest BCUT2D eigenvalue weighted by Crippen LogP contribution is 2.54. The van der Waals surface area contributed by atoms with Gasteiger partial charge < -0.3 is 4.90 Å². The topological polar surface area (TPSA) is 16.1 Å². The molecule has 9 aromatic rings. The first-order valence-corrected chi connectivity index (χ1v) is 17.4. The summed E-state index contributed by atoms with van der Waals surface area (Å²) in [6.45, 7) is 0. The number of nitrogens with zero attached hydrogens (tertiary/aromatic N) is 2. The van der Waals surface area contributed by atoms with Crippen LogP contribution in [-0.4, -0.2) is 4.98 Å². The van der Waals surface area contributed by atoms with E-state index in [1.54, 1.807) is 11.3 Å². The van der Waals surface area contributed by atoms with Crippen molar-refractivity contribution >= 4 is 70.7 Å². The van der Waals surface area contributed by atoms with Crippen LogP contribution in [0.4, 0.5) is 17.1 Å². The van der Waals surface area contributed by atoms with Gasteiger partial charge in [0.1, 0.15) is 5.01 Å². The van der Waals surface area contributed by atoms with Crippen LogP contribution in [0.2, 0.25) is 0 Å². The Kier molecular flexibility index (Phi) is 5.95. The summed E-state index contributed by atoms with van der Waals surface area (Å²) < 4.78 is 2.59. The minimum Gasteiger partial charge on any atom is -0.309 e. The number of rotatable bonds is 5. The zero-order valence-electron chi connectivity index (χ0n) is 25.2. The van der Waals surface area contributed by atoms with Crippen molar-refractivity contribution in [1.82, 2.24) is 4.98 Å². The van der Waals surface area contributed by atoms with Crippen molar-refractivity contribution in [3.8, 4) is 43.4 Å². The van der Waals surface area contributed by atoms with E-state index in [2.05, 4.69) is 163 Å². The lowest BCUT2D eigenvalue weighted by atomic mass is 10.0. The fourth-order valence-electron chi connectivity index (χ4n) is 7.10. The predicted molar refractivity (Wildman–Crippen MR) is 202 cm³/mol. The second-order valence-corrected chi connectivity index (χ2v) is 14.0. The maximum Gasteiger partial charge on any atom is 0.124 e. The molecule has 0 spiro atoms. The Hall–Kier alpha value is -5.55. The molecular weight excluding hydrogens is 609 g/mol. The number of aromatic nitrogens is 1. The molecule has 0 N–H and O–H groups in total. The molecule has 0 fully saturated rings. The van der Waals surface area contributed by atoms with Crippen LogP contribution in [0, 0.1) is 0 Å². The number of fused-ring (bicyclic) bond motifs is 6. The van der Waals surface area contributed by atoms with Crippen molar-refractivity contribution < 1.29 is 0 Å². The highest BCUT2D eigenvalue weighted by atomic mass is 32.1. The van der Waals surface area contributed by atoms with Gasteiger partial charge in [0.25, 0.3) is 0 Å². The quantitative estimate of drug-likeness (QED) is 0.187. The van der Waals surface area contributed by atoms with E-state index in [9.17, 15) is 0 Å². The first kappa shape index (κ1) is 26.6. The van der Waals surface area contributed by atoms with Gasteiger partial charge in [0.15, 0.2) is 0 Å². The van der Waals surface area contributed by atoms with Gasteiger partial charge in [0, 0.05) is 43.5 Å². The summed E-state index contributed by atoms with van der Waals surface area (Å²) in [7, 11) is 0. The molecule has 0 aliphatic heterocycles. The first-order chi connectivity index (χ1) is 23.3. The lowest BCUT2D eigenvalue weighted by Crippen LogP contribution is -2.10. The molecule has 0 saturated carbocycles. The Bertz CT molecular complexity index is 2630. The largest absolute Gasteiger partial charge is 0.309 e. The molecule has 7 aromatic carbocycles. The van der Waals surface area contributed by atoms with Crippen LogP contribution < -0.4 is 4.90 Å². The molecule has 2 nitrogen and oxygen atoms in total. The summed E-state index contributed by atoms with van der Waals surface area (Å²) in [5.74, 6) is 0. The summed E-state index contributed by atoms with van der Waals surface area (Å²) in [4.78, 5) is 8.92. The molecule has 1 aliphatic rings. The number of hydrogen-bond donors (Lipinski definition) is 0. The van der Waals surface area contributed by atoms with Crippen LogP contribution in [0.3, 0.4) is 0 Å². The number of benzene rings is 7. The smallest absolute Gasteiger partial charge is 0.124 e. The molecule has 2 aromatic heterocycles. The Morgan fingerprint density at radius 2 is 1.21 bits per heavy atom. The number of anilines is 3. The lowest BCUT2D eigenvalue weighted by Gasteiger charge is -2.27. The van der Waals surface area contributed by atoms with Crippen molar-refractivity contribution in [2.45, 2.75) is 0 Å². The van der Waals surface area contributed by atoms with Gasteiger partial charge in [-0.3, -0.25) is 0 Å². The zero-order valence-corrected chi connectivity index (χ0v) is 26.9. The van der Waals surface area contributed by atoms with E-state index in [0.29, 0.717) is 0 Å². The van der Waals surface area contributed by atoms with Gasteiger partial charge in [-0.15, -0.1) is 22.7 Å². The Morgan fingerprint density at radius 1 is 0.489 bits per heavy atom. The second kappa shape index (κ2) is 10.5. The van der Waals surface area contributed by atoms with E-state index in [1.807, 2.05) is 11.3 Å². The van der Waals surface area contributed by atoms with E-state index in [0.717, 1.165) is 27.6 Å². The highest BCUT2D eigenvalue weighted by Gasteiger charge is 2.28. The summed E-state index contributed by atoms with van der Waals surface area (Å²) in [5, 5.41) is 6.18. The van der Waals surface area contributed by atoms with Crippen molar-refractivity contribution in [2.75, 3.05) is 4.90 Å². The molecule has 0 atom stereocenters. The van der Waals surface area contributed by atoms with Crippen LogP contribution in [0.15, 0.2) is 158 Å². The molecule has 0 amide bonds.